The molecule has 0 atom stereocenters. The number of aryl methyl sites for hydroxylation is 3. The van der Waals surface area contributed by atoms with Crippen LogP contribution in [-0.4, -0.2) is 24.2 Å². The average Bonchev–Trinajstić information content (AvgIpc) is 2.25. The minimum absolute atomic E-state index is 0.0851. The van der Waals surface area contributed by atoms with Gasteiger partial charge in [-0.25, -0.2) is 8.42 Å². The van der Waals surface area contributed by atoms with E-state index in [1.165, 1.54) is 4.70 Å². The largest absolute Gasteiger partial charge is 0.744 e. The average molecular weight is 373 g/mol. The van der Waals surface area contributed by atoms with Crippen molar-refractivity contribution in [1.29, 1.82) is 5.53 Å². The number of halogens is 1. The zero-order chi connectivity index (χ0) is 16.2. The third kappa shape index (κ3) is 5.53. The Balaban J connectivity index is 0.000000235. The topological polar surface area (TPSA) is 84.1 Å². The second-order valence-corrected chi connectivity index (χ2v) is 7.10. The summed E-state index contributed by atoms with van der Waals surface area (Å²) in [5, 5.41) is 0. The Hall–Kier alpha value is -1.31. The van der Waals surface area contributed by atoms with Gasteiger partial charge in [-0.15, -0.1) is 0 Å². The lowest BCUT2D eigenvalue weighted by molar-refractivity contribution is -0.542. The van der Waals surface area contributed by atoms with E-state index in [0.717, 1.165) is 10.0 Å². The fourth-order valence-corrected chi connectivity index (χ4v) is 3.41. The van der Waals surface area contributed by atoms with Crippen molar-refractivity contribution in [3.05, 3.63) is 51.7 Å². The molecule has 1 aliphatic heterocycles. The highest BCUT2D eigenvalue weighted by molar-refractivity contribution is 9.11. The van der Waals surface area contributed by atoms with Crippen LogP contribution in [0.1, 0.15) is 16.7 Å². The van der Waals surface area contributed by atoms with Crippen molar-refractivity contribution >= 4 is 26.0 Å². The van der Waals surface area contributed by atoms with Crippen LogP contribution in [0.5, 0.6) is 0 Å². The number of rotatable bonds is 1. The Morgan fingerprint density at radius 1 is 1.24 bits per heavy atom. The summed E-state index contributed by atoms with van der Waals surface area (Å²) in [6.07, 6.45) is 5.48. The molecule has 21 heavy (non-hydrogen) atoms. The summed E-state index contributed by atoms with van der Waals surface area (Å²) in [5.41, 5.74) is 9.08. The monoisotopic (exact) mass is 372 g/mol. The summed E-state index contributed by atoms with van der Waals surface area (Å²) in [6, 6.07) is 3.38. The lowest BCUT2D eigenvalue weighted by Gasteiger charge is -2.14. The van der Waals surface area contributed by atoms with Crippen LogP contribution in [0.3, 0.4) is 0 Å². The van der Waals surface area contributed by atoms with Gasteiger partial charge in [-0.3, -0.25) is 0 Å². The molecular formula is C14H17BrN2O3S. The van der Waals surface area contributed by atoms with E-state index in [1.54, 1.807) is 32.2 Å². The highest BCUT2D eigenvalue weighted by Crippen LogP contribution is 2.20. The van der Waals surface area contributed by atoms with E-state index in [4.69, 9.17) is 5.53 Å². The van der Waals surface area contributed by atoms with Gasteiger partial charge in [0.25, 0.3) is 0 Å². The lowest BCUT2D eigenvalue weighted by atomic mass is 10.1. The molecule has 0 bridgehead atoms. The number of hydrogen-bond acceptors (Lipinski definition) is 4. The molecule has 0 aliphatic carbocycles. The second kappa shape index (κ2) is 7.11. The quantitative estimate of drug-likeness (QED) is 0.605. The Morgan fingerprint density at radius 3 is 2.10 bits per heavy atom. The van der Waals surface area contributed by atoms with E-state index >= 15 is 0 Å². The van der Waals surface area contributed by atoms with Crippen molar-refractivity contribution in [2.45, 2.75) is 25.7 Å². The molecule has 1 heterocycles. The molecule has 1 aliphatic rings. The third-order valence-corrected chi connectivity index (χ3v) is 4.38. The summed E-state index contributed by atoms with van der Waals surface area (Å²) in [6.45, 7) is 5.78. The highest BCUT2D eigenvalue weighted by atomic mass is 79.9. The molecule has 2 rings (SSSR count). The van der Waals surface area contributed by atoms with Gasteiger partial charge in [-0.1, -0.05) is 27.9 Å². The molecule has 0 spiro atoms. The van der Waals surface area contributed by atoms with Crippen LogP contribution in [0.15, 0.2) is 39.9 Å². The molecule has 0 amide bonds. The van der Waals surface area contributed by atoms with Gasteiger partial charge in [0.1, 0.15) is 10.1 Å². The molecule has 0 unspecified atom stereocenters. The number of hydrogen-bond donors (Lipinski definition) is 1. The van der Waals surface area contributed by atoms with Crippen LogP contribution in [0.25, 0.3) is 0 Å². The molecule has 0 radical (unpaired) electrons. The predicted molar refractivity (Wildman–Crippen MR) is 82.6 cm³/mol. The fourth-order valence-electron chi connectivity index (χ4n) is 2.08. The molecule has 0 saturated heterocycles. The predicted octanol–water partition coefficient (Wildman–Crippen LogP) is 3.35. The number of nitrogens with one attached hydrogen (secondary N) is 1. The first-order valence-electron chi connectivity index (χ1n) is 6.15. The van der Waals surface area contributed by atoms with Crippen molar-refractivity contribution in [3.8, 4) is 0 Å². The number of benzene rings is 1. The van der Waals surface area contributed by atoms with Crippen LogP contribution in [-0.2, 0) is 10.1 Å². The van der Waals surface area contributed by atoms with E-state index in [-0.39, 0.29) is 4.90 Å². The Morgan fingerprint density at radius 2 is 1.76 bits per heavy atom. The first-order chi connectivity index (χ1) is 9.61. The zero-order valence-electron chi connectivity index (χ0n) is 12.1. The van der Waals surface area contributed by atoms with Crippen LogP contribution in [0, 0.1) is 26.3 Å². The molecule has 7 heteroatoms. The van der Waals surface area contributed by atoms with Crippen molar-refractivity contribution < 1.29 is 17.7 Å². The van der Waals surface area contributed by atoms with Gasteiger partial charge < -0.3 is 4.55 Å². The highest BCUT2D eigenvalue weighted by Gasteiger charge is 2.09. The maximum atomic E-state index is 10.8. The summed E-state index contributed by atoms with van der Waals surface area (Å²) in [4.78, 5) is -0.0851. The van der Waals surface area contributed by atoms with Gasteiger partial charge in [0.2, 0.25) is 6.54 Å². The molecule has 5 nitrogen and oxygen atoms in total. The molecule has 0 fully saturated rings. The van der Waals surface area contributed by atoms with Gasteiger partial charge in [-0.05, 0) is 53.9 Å². The molecule has 1 aromatic carbocycles. The van der Waals surface area contributed by atoms with Gasteiger partial charge in [0.15, 0.2) is 6.20 Å². The minimum Gasteiger partial charge on any atom is -0.744 e. The zero-order valence-corrected chi connectivity index (χ0v) is 14.5. The van der Waals surface area contributed by atoms with Crippen LogP contribution in [0.4, 0.5) is 0 Å². The van der Waals surface area contributed by atoms with Crippen molar-refractivity contribution in [2.24, 2.45) is 0 Å². The van der Waals surface area contributed by atoms with Crippen molar-refractivity contribution in [3.63, 3.8) is 0 Å². The standard InChI is InChI=1S/C9H12O3S.C5H6BrN2/c1-6-4-7(2)9(8(3)5-6)13(10,11)12;6-5-2-1-3-8(7)4-5/h4-5H,1-3H3,(H,10,11,12);1-3,7H,4H2/q;+1/p-1. The van der Waals surface area contributed by atoms with Gasteiger partial charge in [0, 0.05) is 6.08 Å². The van der Waals surface area contributed by atoms with Gasteiger partial charge >= 0.3 is 0 Å². The first-order valence-corrected chi connectivity index (χ1v) is 8.36. The molecular weight excluding hydrogens is 356 g/mol. The molecule has 1 N–H and O–H groups in total. The normalized spacial score (nSPS) is 14.3. The molecule has 0 aromatic heterocycles. The fraction of sp³-hybridized carbons (Fsp3) is 0.286. The van der Waals surface area contributed by atoms with Crippen LogP contribution in [0.2, 0.25) is 0 Å². The van der Waals surface area contributed by atoms with E-state index in [0.29, 0.717) is 17.7 Å². The Labute approximate surface area is 133 Å². The maximum Gasteiger partial charge on any atom is 0.205 e. The van der Waals surface area contributed by atoms with Crippen molar-refractivity contribution in [1.82, 2.24) is 0 Å². The summed E-state index contributed by atoms with van der Waals surface area (Å²) >= 11 is 3.28. The lowest BCUT2D eigenvalue weighted by Crippen LogP contribution is -2.04. The number of allylic oxidation sites excluding steroid dienone is 2. The SMILES string of the molecule is Cc1cc(C)c(S(=O)(=O)[O-])c(C)c1.N=[N+]1C=CC=C(Br)C1. The Kier molecular flexibility index (Phi) is 6.00. The van der Waals surface area contributed by atoms with E-state index in [2.05, 4.69) is 15.9 Å². The van der Waals surface area contributed by atoms with E-state index in [9.17, 15) is 13.0 Å². The number of nitrogens with zero attached hydrogens (tertiary/aromatic N) is 1. The van der Waals surface area contributed by atoms with Crippen LogP contribution < -0.4 is 0 Å². The molecule has 1 aromatic rings. The Bertz CT molecular complexity index is 699. The van der Waals surface area contributed by atoms with Gasteiger partial charge in [0.05, 0.1) is 9.38 Å². The van der Waals surface area contributed by atoms with E-state index < -0.39 is 10.1 Å². The van der Waals surface area contributed by atoms with Crippen molar-refractivity contribution in [2.75, 3.05) is 6.54 Å². The first kappa shape index (κ1) is 17.7. The summed E-state index contributed by atoms with van der Waals surface area (Å²) < 4.78 is 34.9. The summed E-state index contributed by atoms with van der Waals surface area (Å²) in [7, 11) is -4.33. The molecule has 0 saturated carbocycles. The van der Waals surface area contributed by atoms with Gasteiger partial charge in [-0.2, -0.15) is 0 Å². The smallest absolute Gasteiger partial charge is 0.205 e. The summed E-state index contributed by atoms with van der Waals surface area (Å²) in [5.74, 6) is 0. The second-order valence-electron chi connectivity index (χ2n) is 4.76. The maximum absolute atomic E-state index is 10.8. The molecule has 114 valence electrons. The minimum atomic E-state index is -4.33. The third-order valence-electron chi connectivity index (χ3n) is 2.72. The van der Waals surface area contributed by atoms with E-state index in [1.807, 2.05) is 19.1 Å². The van der Waals surface area contributed by atoms with Crippen LogP contribution >= 0.6 is 15.9 Å².